The number of hydrogen-bond donors (Lipinski definition) is 0. The SMILES string of the molecule is O=C(C1CCCC1)N1CCN(C(c2cccs2)c2nnnn2Cc2ccccc2)CC1. The smallest absolute Gasteiger partial charge is 0.225 e. The lowest BCUT2D eigenvalue weighted by Crippen LogP contribution is -2.51. The average Bonchev–Trinajstić information content (AvgIpc) is 3.59. The second-order valence-corrected chi connectivity index (χ2v) is 9.42. The molecule has 1 atom stereocenters. The van der Waals surface area contributed by atoms with E-state index in [2.05, 4.69) is 55.0 Å². The van der Waals surface area contributed by atoms with Crippen molar-refractivity contribution in [2.24, 2.45) is 5.92 Å². The van der Waals surface area contributed by atoms with Gasteiger partial charge < -0.3 is 4.90 Å². The third kappa shape index (κ3) is 4.41. The summed E-state index contributed by atoms with van der Waals surface area (Å²) in [6.07, 6.45) is 4.51. The average molecular weight is 437 g/mol. The quantitative estimate of drug-likeness (QED) is 0.594. The molecule has 0 bridgehead atoms. The van der Waals surface area contributed by atoms with Crippen LogP contribution in [0.1, 0.15) is 48.0 Å². The van der Waals surface area contributed by atoms with E-state index < -0.39 is 0 Å². The number of aromatic nitrogens is 4. The number of amides is 1. The number of tetrazole rings is 1. The van der Waals surface area contributed by atoms with E-state index in [0.717, 1.165) is 44.8 Å². The van der Waals surface area contributed by atoms with Crippen molar-refractivity contribution in [1.82, 2.24) is 30.0 Å². The Morgan fingerprint density at radius 3 is 2.52 bits per heavy atom. The fourth-order valence-electron chi connectivity index (χ4n) is 4.83. The summed E-state index contributed by atoms with van der Waals surface area (Å²) in [4.78, 5) is 18.6. The molecule has 2 aliphatic rings. The molecule has 162 valence electrons. The summed E-state index contributed by atoms with van der Waals surface area (Å²) in [6.45, 7) is 3.86. The van der Waals surface area contributed by atoms with Crippen LogP contribution in [0.25, 0.3) is 0 Å². The van der Waals surface area contributed by atoms with Gasteiger partial charge in [0.2, 0.25) is 5.91 Å². The van der Waals surface area contributed by atoms with Gasteiger partial charge in [0.1, 0.15) is 6.04 Å². The lowest BCUT2D eigenvalue weighted by Gasteiger charge is -2.39. The molecule has 0 spiro atoms. The van der Waals surface area contributed by atoms with Crippen molar-refractivity contribution in [2.45, 2.75) is 38.3 Å². The lowest BCUT2D eigenvalue weighted by molar-refractivity contribution is -0.137. The van der Waals surface area contributed by atoms with Crippen LogP contribution in [0.3, 0.4) is 0 Å². The van der Waals surface area contributed by atoms with Gasteiger partial charge in [-0.05, 0) is 40.3 Å². The molecule has 0 N–H and O–H groups in total. The number of thiophene rings is 1. The molecule has 0 radical (unpaired) electrons. The van der Waals surface area contributed by atoms with Crippen LogP contribution in [0.5, 0.6) is 0 Å². The highest BCUT2D eigenvalue weighted by Crippen LogP contribution is 2.32. The topological polar surface area (TPSA) is 67.2 Å². The molecule has 1 aliphatic carbocycles. The van der Waals surface area contributed by atoms with Crippen LogP contribution >= 0.6 is 11.3 Å². The Kier molecular flexibility index (Phi) is 6.08. The maximum atomic E-state index is 12.9. The molecule has 7 nitrogen and oxygen atoms in total. The Hall–Kier alpha value is -2.58. The minimum Gasteiger partial charge on any atom is -0.340 e. The number of carbonyl (C=O) groups is 1. The van der Waals surface area contributed by atoms with Gasteiger partial charge in [-0.25, -0.2) is 4.68 Å². The zero-order chi connectivity index (χ0) is 21.0. The Bertz CT molecular complexity index is 975. The van der Waals surface area contributed by atoms with Crippen molar-refractivity contribution < 1.29 is 4.79 Å². The standard InChI is InChI=1S/C23H28N6OS/c30-23(19-9-4-5-10-19)28-14-12-27(13-15-28)21(20-11-6-16-31-20)22-24-25-26-29(22)17-18-7-2-1-3-8-18/h1-3,6-8,11,16,19,21H,4-5,9-10,12-15,17H2. The minimum absolute atomic E-state index is 0.00226. The molecule has 31 heavy (non-hydrogen) atoms. The highest BCUT2D eigenvalue weighted by Gasteiger charge is 2.34. The molecule has 2 aromatic heterocycles. The number of carbonyl (C=O) groups excluding carboxylic acids is 1. The van der Waals surface area contributed by atoms with E-state index in [1.165, 1.54) is 23.3 Å². The summed E-state index contributed by atoms with van der Waals surface area (Å²) >= 11 is 1.73. The third-order valence-corrected chi connectivity index (χ3v) is 7.41. The van der Waals surface area contributed by atoms with Gasteiger partial charge in [-0.2, -0.15) is 0 Å². The van der Waals surface area contributed by atoms with Gasteiger partial charge in [0.15, 0.2) is 5.82 Å². The Morgan fingerprint density at radius 1 is 1.03 bits per heavy atom. The first-order valence-electron chi connectivity index (χ1n) is 11.2. The monoisotopic (exact) mass is 436 g/mol. The first-order chi connectivity index (χ1) is 15.3. The molecule has 8 heteroatoms. The van der Waals surface area contributed by atoms with Crippen molar-refractivity contribution in [1.29, 1.82) is 0 Å². The van der Waals surface area contributed by atoms with Crippen LogP contribution in [-0.4, -0.2) is 62.1 Å². The van der Waals surface area contributed by atoms with E-state index >= 15 is 0 Å². The fraction of sp³-hybridized carbons (Fsp3) is 0.478. The van der Waals surface area contributed by atoms with Crippen molar-refractivity contribution in [3.8, 4) is 0 Å². The van der Waals surface area contributed by atoms with E-state index in [4.69, 9.17) is 0 Å². The predicted octanol–water partition coefficient (Wildman–Crippen LogP) is 3.21. The second kappa shape index (κ2) is 9.28. The molecular weight excluding hydrogens is 408 g/mol. The number of piperazine rings is 1. The lowest BCUT2D eigenvalue weighted by atomic mass is 10.1. The number of rotatable bonds is 6. The van der Waals surface area contributed by atoms with Crippen LogP contribution in [-0.2, 0) is 11.3 Å². The molecule has 1 amide bonds. The highest BCUT2D eigenvalue weighted by atomic mass is 32.1. The summed E-state index contributed by atoms with van der Waals surface area (Å²) in [5.74, 6) is 1.47. The van der Waals surface area contributed by atoms with Gasteiger partial charge in [-0.3, -0.25) is 9.69 Å². The van der Waals surface area contributed by atoms with Crippen LogP contribution in [0.15, 0.2) is 47.8 Å². The van der Waals surface area contributed by atoms with E-state index in [0.29, 0.717) is 12.5 Å². The zero-order valence-electron chi connectivity index (χ0n) is 17.6. The first kappa shape index (κ1) is 20.3. The van der Waals surface area contributed by atoms with Crippen LogP contribution in [0, 0.1) is 5.92 Å². The molecule has 5 rings (SSSR count). The van der Waals surface area contributed by atoms with Crippen LogP contribution in [0.4, 0.5) is 0 Å². The molecule has 1 aromatic carbocycles. The van der Waals surface area contributed by atoms with Crippen molar-refractivity contribution in [2.75, 3.05) is 26.2 Å². The van der Waals surface area contributed by atoms with Crippen LogP contribution in [0.2, 0.25) is 0 Å². The summed E-state index contributed by atoms with van der Waals surface area (Å²) in [6, 6.07) is 14.5. The van der Waals surface area contributed by atoms with Gasteiger partial charge >= 0.3 is 0 Å². The van der Waals surface area contributed by atoms with Crippen molar-refractivity contribution >= 4 is 17.2 Å². The van der Waals surface area contributed by atoms with Gasteiger partial charge in [-0.15, -0.1) is 16.4 Å². The Morgan fingerprint density at radius 2 is 1.81 bits per heavy atom. The van der Waals surface area contributed by atoms with E-state index in [9.17, 15) is 4.79 Å². The van der Waals surface area contributed by atoms with Gasteiger partial charge in [0.25, 0.3) is 0 Å². The van der Waals surface area contributed by atoms with Crippen molar-refractivity contribution in [3.63, 3.8) is 0 Å². The molecule has 1 saturated carbocycles. The Labute approximate surface area is 186 Å². The van der Waals surface area contributed by atoms with Gasteiger partial charge in [0.05, 0.1) is 6.54 Å². The molecular formula is C23H28N6OS. The van der Waals surface area contributed by atoms with E-state index in [1.54, 1.807) is 11.3 Å². The largest absolute Gasteiger partial charge is 0.340 e. The molecule has 3 heterocycles. The molecule has 1 aliphatic heterocycles. The Balaban J connectivity index is 1.34. The van der Waals surface area contributed by atoms with E-state index in [1.807, 2.05) is 22.9 Å². The van der Waals surface area contributed by atoms with E-state index in [-0.39, 0.29) is 12.0 Å². The van der Waals surface area contributed by atoms with Gasteiger partial charge in [0, 0.05) is 37.0 Å². The number of hydrogen-bond acceptors (Lipinski definition) is 6. The molecule has 1 saturated heterocycles. The molecule has 1 unspecified atom stereocenters. The summed E-state index contributed by atoms with van der Waals surface area (Å²) in [7, 11) is 0. The fourth-order valence-corrected chi connectivity index (χ4v) is 5.68. The predicted molar refractivity (Wildman–Crippen MR) is 120 cm³/mol. The zero-order valence-corrected chi connectivity index (χ0v) is 18.5. The number of nitrogens with zero attached hydrogens (tertiary/aromatic N) is 6. The maximum Gasteiger partial charge on any atom is 0.225 e. The minimum atomic E-state index is 0.00226. The van der Waals surface area contributed by atoms with Gasteiger partial charge in [-0.1, -0.05) is 49.2 Å². The molecule has 3 aromatic rings. The second-order valence-electron chi connectivity index (χ2n) is 8.44. The number of benzene rings is 1. The summed E-state index contributed by atoms with van der Waals surface area (Å²) < 4.78 is 1.91. The summed E-state index contributed by atoms with van der Waals surface area (Å²) in [5, 5.41) is 14.9. The summed E-state index contributed by atoms with van der Waals surface area (Å²) in [5.41, 5.74) is 1.17. The maximum absolute atomic E-state index is 12.9. The van der Waals surface area contributed by atoms with Crippen LogP contribution < -0.4 is 0 Å². The normalized spacial score (nSPS) is 19.0. The van der Waals surface area contributed by atoms with Crippen molar-refractivity contribution in [3.05, 3.63) is 64.1 Å². The third-order valence-electron chi connectivity index (χ3n) is 6.49. The first-order valence-corrected chi connectivity index (χ1v) is 12.0. The molecule has 2 fully saturated rings. The highest BCUT2D eigenvalue weighted by molar-refractivity contribution is 7.10.